The van der Waals surface area contributed by atoms with Crippen LogP contribution in [0, 0.1) is 0 Å². The number of hydrogen-bond donors (Lipinski definition) is 2. The van der Waals surface area contributed by atoms with Gasteiger partial charge in [0.2, 0.25) is 5.91 Å². The zero-order valence-corrected chi connectivity index (χ0v) is 10.0. The summed E-state index contributed by atoms with van der Waals surface area (Å²) in [4.78, 5) is 13.2. The molecule has 1 amide bonds. The van der Waals surface area contributed by atoms with E-state index in [0.29, 0.717) is 26.3 Å². The number of carbonyl (C=O) groups is 1. The monoisotopic (exact) mass is 217 g/mol. The summed E-state index contributed by atoms with van der Waals surface area (Å²) >= 11 is 0. The highest BCUT2D eigenvalue weighted by Gasteiger charge is 1.97. The smallest absolute Gasteiger partial charge is 0.234 e. The Bertz CT molecular complexity index is 163. The lowest BCUT2D eigenvalue weighted by Gasteiger charge is -2.10. The quantitative estimate of drug-likeness (QED) is 0.501. The number of hydrogen-bond acceptors (Lipinski definition) is 4. The molecule has 0 aromatic carbocycles. The van der Waals surface area contributed by atoms with E-state index < -0.39 is 0 Å². The zero-order chi connectivity index (χ0) is 11.5. The second-order valence-corrected chi connectivity index (χ2v) is 3.55. The van der Waals surface area contributed by atoms with Gasteiger partial charge in [0.15, 0.2) is 0 Å². The molecule has 0 aliphatic rings. The molecule has 5 nitrogen and oxygen atoms in total. The van der Waals surface area contributed by atoms with Gasteiger partial charge in [0.25, 0.3) is 0 Å². The SMILES string of the molecule is CCNCC(=O)NCCOCCN(C)C. The van der Waals surface area contributed by atoms with Crippen LogP contribution in [0.3, 0.4) is 0 Å². The Kier molecular flexibility index (Phi) is 9.46. The van der Waals surface area contributed by atoms with E-state index in [9.17, 15) is 4.79 Å². The molecule has 0 aromatic heterocycles. The molecule has 2 N–H and O–H groups in total. The summed E-state index contributed by atoms with van der Waals surface area (Å²) < 4.78 is 5.32. The van der Waals surface area contributed by atoms with Crippen LogP contribution in [0.25, 0.3) is 0 Å². The van der Waals surface area contributed by atoms with E-state index >= 15 is 0 Å². The number of likely N-dealkylation sites (N-methyl/N-ethyl adjacent to an activating group) is 2. The van der Waals surface area contributed by atoms with Crippen molar-refractivity contribution in [2.45, 2.75) is 6.92 Å². The fourth-order valence-electron chi connectivity index (χ4n) is 0.913. The number of nitrogens with zero attached hydrogens (tertiary/aromatic N) is 1. The van der Waals surface area contributed by atoms with Crippen molar-refractivity contribution in [2.24, 2.45) is 0 Å². The second kappa shape index (κ2) is 9.89. The van der Waals surface area contributed by atoms with Crippen molar-refractivity contribution in [3.63, 3.8) is 0 Å². The molecule has 0 aliphatic carbocycles. The van der Waals surface area contributed by atoms with Crippen LogP contribution in [-0.4, -0.2) is 64.3 Å². The van der Waals surface area contributed by atoms with E-state index in [1.54, 1.807) is 0 Å². The lowest BCUT2D eigenvalue weighted by Crippen LogP contribution is -2.35. The Balaban J connectivity index is 3.13. The van der Waals surface area contributed by atoms with Crippen molar-refractivity contribution in [1.82, 2.24) is 15.5 Å². The van der Waals surface area contributed by atoms with Gasteiger partial charge in [-0.2, -0.15) is 0 Å². The van der Waals surface area contributed by atoms with E-state index in [0.717, 1.165) is 13.1 Å². The molecule has 15 heavy (non-hydrogen) atoms. The highest BCUT2D eigenvalue weighted by atomic mass is 16.5. The van der Waals surface area contributed by atoms with Gasteiger partial charge in [-0.1, -0.05) is 6.92 Å². The van der Waals surface area contributed by atoms with Crippen molar-refractivity contribution >= 4 is 5.91 Å². The summed E-state index contributed by atoms with van der Waals surface area (Å²) in [7, 11) is 4.00. The molecular weight excluding hydrogens is 194 g/mol. The molecule has 5 heteroatoms. The number of carbonyl (C=O) groups excluding carboxylic acids is 1. The molecule has 0 aliphatic heterocycles. The van der Waals surface area contributed by atoms with Crippen molar-refractivity contribution in [3.05, 3.63) is 0 Å². The normalized spacial score (nSPS) is 10.7. The molecule has 0 bridgehead atoms. The van der Waals surface area contributed by atoms with Crippen LogP contribution >= 0.6 is 0 Å². The lowest BCUT2D eigenvalue weighted by molar-refractivity contribution is -0.120. The van der Waals surface area contributed by atoms with Crippen LogP contribution in [0.15, 0.2) is 0 Å². The minimum absolute atomic E-state index is 0.0214. The van der Waals surface area contributed by atoms with E-state index in [4.69, 9.17) is 4.74 Å². The predicted molar refractivity (Wildman–Crippen MR) is 60.9 cm³/mol. The van der Waals surface area contributed by atoms with Gasteiger partial charge in [-0.05, 0) is 20.6 Å². The highest BCUT2D eigenvalue weighted by Crippen LogP contribution is 1.77. The molecule has 0 saturated carbocycles. The van der Waals surface area contributed by atoms with Crippen LogP contribution in [0.1, 0.15) is 6.92 Å². The summed E-state index contributed by atoms with van der Waals surface area (Å²) in [6.07, 6.45) is 0. The van der Waals surface area contributed by atoms with E-state index in [1.807, 2.05) is 21.0 Å². The van der Waals surface area contributed by atoms with Gasteiger partial charge in [-0.25, -0.2) is 0 Å². The van der Waals surface area contributed by atoms with Crippen molar-refractivity contribution in [3.8, 4) is 0 Å². The van der Waals surface area contributed by atoms with E-state index in [2.05, 4.69) is 15.5 Å². The standard InChI is InChI=1S/C10H23N3O2/c1-4-11-9-10(14)12-5-7-15-8-6-13(2)3/h11H,4-9H2,1-3H3,(H,12,14). The molecule has 0 radical (unpaired) electrons. The van der Waals surface area contributed by atoms with Crippen molar-refractivity contribution < 1.29 is 9.53 Å². The number of nitrogens with one attached hydrogen (secondary N) is 2. The Morgan fingerprint density at radius 1 is 1.33 bits per heavy atom. The van der Waals surface area contributed by atoms with Gasteiger partial charge >= 0.3 is 0 Å². The summed E-state index contributed by atoms with van der Waals surface area (Å²) in [5.41, 5.74) is 0. The topological polar surface area (TPSA) is 53.6 Å². The Morgan fingerprint density at radius 2 is 2.07 bits per heavy atom. The van der Waals surface area contributed by atoms with Gasteiger partial charge in [-0.3, -0.25) is 4.79 Å². The van der Waals surface area contributed by atoms with E-state index in [1.165, 1.54) is 0 Å². The second-order valence-electron chi connectivity index (χ2n) is 3.55. The lowest BCUT2D eigenvalue weighted by atomic mass is 10.5. The maximum absolute atomic E-state index is 11.1. The average molecular weight is 217 g/mol. The zero-order valence-electron chi connectivity index (χ0n) is 10.0. The molecule has 0 aromatic rings. The Hall–Kier alpha value is -0.650. The number of ether oxygens (including phenoxy) is 1. The largest absolute Gasteiger partial charge is 0.378 e. The average Bonchev–Trinajstić information content (AvgIpc) is 2.19. The fraction of sp³-hybridized carbons (Fsp3) is 0.900. The summed E-state index contributed by atoms with van der Waals surface area (Å²) in [5.74, 6) is 0.0214. The third-order valence-electron chi connectivity index (χ3n) is 1.79. The Labute approximate surface area is 92.2 Å². The van der Waals surface area contributed by atoms with Gasteiger partial charge in [-0.15, -0.1) is 0 Å². The van der Waals surface area contributed by atoms with Crippen LogP contribution < -0.4 is 10.6 Å². The predicted octanol–water partition coefficient (Wildman–Crippen LogP) is -0.710. The molecule has 0 heterocycles. The first-order valence-corrected chi connectivity index (χ1v) is 5.36. The van der Waals surface area contributed by atoms with Crippen LogP contribution in [-0.2, 0) is 9.53 Å². The molecule has 90 valence electrons. The molecule has 0 saturated heterocycles. The number of rotatable bonds is 9. The minimum Gasteiger partial charge on any atom is -0.378 e. The van der Waals surface area contributed by atoms with Gasteiger partial charge in [0.1, 0.15) is 0 Å². The first-order chi connectivity index (χ1) is 7.16. The summed E-state index contributed by atoms with van der Waals surface area (Å²) in [6, 6.07) is 0. The van der Waals surface area contributed by atoms with Crippen molar-refractivity contribution in [2.75, 3.05) is 53.5 Å². The first kappa shape index (κ1) is 14.3. The third-order valence-corrected chi connectivity index (χ3v) is 1.79. The Morgan fingerprint density at radius 3 is 2.67 bits per heavy atom. The fourth-order valence-corrected chi connectivity index (χ4v) is 0.913. The molecular formula is C10H23N3O2. The van der Waals surface area contributed by atoms with Gasteiger partial charge < -0.3 is 20.3 Å². The third kappa shape index (κ3) is 11.3. The highest BCUT2D eigenvalue weighted by molar-refractivity contribution is 5.77. The molecule has 0 rings (SSSR count). The van der Waals surface area contributed by atoms with Crippen LogP contribution in [0.2, 0.25) is 0 Å². The van der Waals surface area contributed by atoms with Crippen LogP contribution in [0.4, 0.5) is 0 Å². The van der Waals surface area contributed by atoms with Crippen LogP contribution in [0.5, 0.6) is 0 Å². The summed E-state index contributed by atoms with van der Waals surface area (Å²) in [5, 5.41) is 5.72. The minimum atomic E-state index is 0.0214. The first-order valence-electron chi connectivity index (χ1n) is 5.36. The maximum atomic E-state index is 11.1. The maximum Gasteiger partial charge on any atom is 0.234 e. The molecule has 0 unspecified atom stereocenters. The summed E-state index contributed by atoms with van der Waals surface area (Å²) in [6.45, 7) is 5.93. The molecule has 0 spiro atoms. The van der Waals surface area contributed by atoms with Crippen molar-refractivity contribution in [1.29, 1.82) is 0 Å². The number of amides is 1. The molecule has 0 fully saturated rings. The van der Waals surface area contributed by atoms with Gasteiger partial charge in [0, 0.05) is 13.1 Å². The van der Waals surface area contributed by atoms with E-state index in [-0.39, 0.29) is 5.91 Å². The molecule has 0 atom stereocenters. The van der Waals surface area contributed by atoms with Gasteiger partial charge in [0.05, 0.1) is 19.8 Å².